The number of allylic oxidation sites excluding steroid dienone is 1. The van der Waals surface area contributed by atoms with E-state index >= 15 is 0 Å². The smallest absolute Gasteiger partial charge is 0.236 e. The van der Waals surface area contributed by atoms with E-state index < -0.39 is 25.6 Å². The summed E-state index contributed by atoms with van der Waals surface area (Å²) in [5, 5.41) is 0. The first-order valence-electron chi connectivity index (χ1n) is 3.11. The second kappa shape index (κ2) is 4.86. The van der Waals surface area contributed by atoms with E-state index in [1.165, 1.54) is 4.01 Å². The van der Waals surface area contributed by atoms with E-state index in [2.05, 4.69) is 14.2 Å². The van der Waals surface area contributed by atoms with E-state index in [9.17, 15) is 13.2 Å². The van der Waals surface area contributed by atoms with Gasteiger partial charge in [0.25, 0.3) is 0 Å². The molecule has 0 spiro atoms. The summed E-state index contributed by atoms with van der Waals surface area (Å²) in [5.74, 6) is 0. The van der Waals surface area contributed by atoms with Crippen molar-refractivity contribution in [1.82, 2.24) is 0 Å². The van der Waals surface area contributed by atoms with Crippen LogP contribution in [0, 0.1) is 0 Å². The van der Waals surface area contributed by atoms with Gasteiger partial charge in [-0.05, 0) is 39.8 Å². The Balaban J connectivity index is 4.23. The van der Waals surface area contributed by atoms with Gasteiger partial charge in [-0.1, -0.05) is 13.5 Å². The molecule has 0 atom stereocenters. The minimum atomic E-state index is -4.56. The first-order valence-corrected chi connectivity index (χ1v) is 6.77. The summed E-state index contributed by atoms with van der Waals surface area (Å²) in [6.07, 6.45) is -3.93. The van der Waals surface area contributed by atoms with E-state index in [1.54, 1.807) is 0 Å². The van der Waals surface area contributed by atoms with Crippen LogP contribution in [0.3, 0.4) is 0 Å². The second-order valence-corrected chi connectivity index (χ2v) is 5.07. The van der Waals surface area contributed by atoms with E-state index in [1.807, 2.05) is 6.92 Å². The molecule has 0 fully saturated rings. The summed E-state index contributed by atoms with van der Waals surface area (Å²) < 4.78 is 43.2. The van der Waals surface area contributed by atoms with Crippen molar-refractivity contribution in [2.24, 2.45) is 0 Å². The molecule has 0 aromatic heterocycles. The highest BCUT2D eigenvalue weighted by Gasteiger charge is 2.28. The molecule has 0 aliphatic rings. The molecule has 0 amide bonds. The molecule has 0 N–H and O–H groups in total. The number of hydrogen-bond donors (Lipinski definition) is 0. The molecule has 1 nitrogen and oxygen atoms in total. The van der Waals surface area contributed by atoms with Crippen LogP contribution in [-0.4, -0.2) is 14.9 Å². The Morgan fingerprint density at radius 3 is 2.42 bits per heavy atom. The summed E-state index contributed by atoms with van der Waals surface area (Å²) in [5.41, 5.74) is 0.652. The lowest BCUT2D eigenvalue weighted by Crippen LogP contribution is -2.06. The fraction of sp³-hybridized carbons (Fsp3) is 0.429. The number of hydrogen-bond acceptors (Lipinski definition) is 1. The fourth-order valence-electron chi connectivity index (χ4n) is 0.384. The Labute approximate surface area is 76.1 Å². The third-order valence-corrected chi connectivity index (χ3v) is 3.56. The van der Waals surface area contributed by atoms with Crippen molar-refractivity contribution >= 4 is 27.8 Å². The number of alkyl halides is 3. The van der Waals surface area contributed by atoms with Crippen LogP contribution < -0.4 is 0 Å². The molecular weight excluding hydrogens is 284 g/mol. The van der Waals surface area contributed by atoms with Gasteiger partial charge in [-0.2, -0.15) is 0 Å². The van der Waals surface area contributed by atoms with Crippen molar-refractivity contribution < 1.29 is 16.2 Å². The van der Waals surface area contributed by atoms with Crippen LogP contribution in [0.15, 0.2) is 12.2 Å². The molecule has 72 valence electrons. The van der Waals surface area contributed by atoms with E-state index in [0.717, 1.165) is 0 Å². The van der Waals surface area contributed by atoms with Gasteiger partial charge in [0.15, 0.2) is 0 Å². The van der Waals surface area contributed by atoms with Crippen molar-refractivity contribution in [3.8, 4) is 0 Å². The van der Waals surface area contributed by atoms with Gasteiger partial charge in [0.1, 0.15) is 0 Å². The maximum Gasteiger partial charge on any atom is 0.531 e. The van der Waals surface area contributed by atoms with Gasteiger partial charge in [-0.3, -0.25) is 0 Å². The molecule has 5 heteroatoms. The van der Waals surface area contributed by atoms with Crippen molar-refractivity contribution in [1.29, 1.82) is 0 Å². The first kappa shape index (κ1) is 12.0. The Bertz CT molecular complexity index is 236. The van der Waals surface area contributed by atoms with Crippen LogP contribution in [-0.2, 0) is 3.07 Å². The molecule has 0 aromatic rings. The zero-order valence-electron chi connectivity index (χ0n) is 6.62. The zero-order chi connectivity index (χ0) is 9.78. The minimum Gasteiger partial charge on any atom is -0.236 e. The summed E-state index contributed by atoms with van der Waals surface area (Å²) in [4.78, 5) is 0. The lowest BCUT2D eigenvalue weighted by molar-refractivity contribution is -0.254. The summed E-state index contributed by atoms with van der Waals surface area (Å²) in [6.45, 7) is 5.36. The molecule has 0 unspecified atom stereocenters. The molecule has 0 radical (unpaired) electrons. The molecule has 0 aliphatic carbocycles. The SMILES string of the molecule is C=C(/C=I(=C)\OC(F)(F)F)CC. The van der Waals surface area contributed by atoms with Crippen LogP contribution in [0.1, 0.15) is 13.3 Å². The predicted molar refractivity (Wildman–Crippen MR) is 53.8 cm³/mol. The molecular formula is C7H10F3IO. The quantitative estimate of drug-likeness (QED) is 0.727. The Morgan fingerprint density at radius 2 is 2.08 bits per heavy atom. The normalized spacial score (nSPS) is 14.7. The molecule has 0 bridgehead atoms. The maximum atomic E-state index is 11.6. The maximum absolute atomic E-state index is 11.6. The van der Waals surface area contributed by atoms with Crippen molar-refractivity contribution in [3.63, 3.8) is 0 Å². The topological polar surface area (TPSA) is 9.23 Å². The molecule has 0 rings (SSSR count). The molecule has 12 heavy (non-hydrogen) atoms. The Morgan fingerprint density at radius 1 is 1.58 bits per heavy atom. The second-order valence-electron chi connectivity index (χ2n) is 2.00. The van der Waals surface area contributed by atoms with Gasteiger partial charge in [0.2, 0.25) is 0 Å². The molecule has 0 aromatic carbocycles. The van der Waals surface area contributed by atoms with E-state index in [-0.39, 0.29) is 0 Å². The third kappa shape index (κ3) is 6.66. The largest absolute Gasteiger partial charge is 0.531 e. The summed E-state index contributed by atoms with van der Waals surface area (Å²) in [6, 6.07) is 0. The Kier molecular flexibility index (Phi) is 4.84. The number of halogens is 4. The highest BCUT2D eigenvalue weighted by atomic mass is 127. The van der Waals surface area contributed by atoms with Crippen molar-refractivity contribution in [2.45, 2.75) is 19.7 Å². The van der Waals surface area contributed by atoms with Crippen LogP contribution in [0.25, 0.3) is 0 Å². The van der Waals surface area contributed by atoms with E-state index in [0.29, 0.717) is 12.0 Å². The summed E-state index contributed by atoms with van der Waals surface area (Å²) in [7, 11) is 0. The van der Waals surface area contributed by atoms with Gasteiger partial charge in [0.05, 0.1) is 0 Å². The zero-order valence-corrected chi connectivity index (χ0v) is 8.78. The van der Waals surface area contributed by atoms with E-state index in [4.69, 9.17) is 0 Å². The lowest BCUT2D eigenvalue weighted by Gasteiger charge is -2.03. The molecule has 0 saturated heterocycles. The monoisotopic (exact) mass is 294 g/mol. The Hall–Kier alpha value is -0.0400. The summed E-state index contributed by atoms with van der Waals surface area (Å²) >= 11 is -2.67. The number of rotatable bonds is 3. The van der Waals surface area contributed by atoms with Crippen LogP contribution in [0.5, 0.6) is 0 Å². The highest BCUT2D eigenvalue weighted by molar-refractivity contribution is 14.2. The van der Waals surface area contributed by atoms with Gasteiger partial charge in [-0.15, -0.1) is 13.2 Å². The average Bonchev–Trinajstić information content (AvgIpc) is 1.82. The fourth-order valence-corrected chi connectivity index (χ4v) is 2.58. The standard InChI is InChI=1S/C7H10F3IO/c1-4-6(2)5-11(3)12-7(8,9)10/h5H,2-4H2,1H3. The lowest BCUT2D eigenvalue weighted by atomic mass is 10.3. The van der Waals surface area contributed by atoms with Crippen molar-refractivity contribution in [3.05, 3.63) is 12.2 Å². The van der Waals surface area contributed by atoms with Crippen LogP contribution >= 0.6 is 19.3 Å². The highest BCUT2D eigenvalue weighted by Crippen LogP contribution is 2.26. The van der Waals surface area contributed by atoms with Gasteiger partial charge in [0, 0.05) is 0 Å². The minimum absolute atomic E-state index is 0.630. The first-order chi connectivity index (χ1) is 5.35. The van der Waals surface area contributed by atoms with Gasteiger partial charge >= 0.3 is 6.36 Å². The molecule has 0 heterocycles. The predicted octanol–water partition coefficient (Wildman–Crippen LogP) is 3.14. The molecule has 0 aliphatic heterocycles. The van der Waals surface area contributed by atoms with Gasteiger partial charge < -0.3 is 0 Å². The van der Waals surface area contributed by atoms with Crippen LogP contribution in [0.4, 0.5) is 13.2 Å². The third-order valence-electron chi connectivity index (χ3n) is 0.917. The van der Waals surface area contributed by atoms with Crippen LogP contribution in [0.2, 0.25) is 0 Å². The van der Waals surface area contributed by atoms with Gasteiger partial charge in [-0.25, -0.2) is 3.07 Å². The van der Waals surface area contributed by atoms with Crippen molar-refractivity contribution in [2.75, 3.05) is 0 Å². The average molecular weight is 294 g/mol. The molecule has 0 saturated carbocycles.